The van der Waals surface area contributed by atoms with E-state index in [1.807, 2.05) is 43.3 Å². The molecule has 1 amide bonds. The predicted octanol–water partition coefficient (Wildman–Crippen LogP) is 5.31. The summed E-state index contributed by atoms with van der Waals surface area (Å²) in [7, 11) is 0. The molecule has 0 bridgehead atoms. The molecule has 1 atom stereocenters. The summed E-state index contributed by atoms with van der Waals surface area (Å²) in [4.78, 5) is 19.5. The highest BCUT2D eigenvalue weighted by Gasteiger charge is 2.27. The summed E-state index contributed by atoms with van der Waals surface area (Å²) in [6, 6.07) is 13.4. The average molecular weight is 490 g/mol. The molecule has 1 aliphatic heterocycles. The number of likely N-dealkylation sites (tertiary alicyclic amines) is 1. The summed E-state index contributed by atoms with van der Waals surface area (Å²) in [5, 5.41) is 7.73. The van der Waals surface area contributed by atoms with Crippen LogP contribution in [-0.4, -0.2) is 34.0 Å². The molecule has 1 aliphatic rings. The number of amides is 1. The predicted molar refractivity (Wildman–Crippen MR) is 120 cm³/mol. The Hall–Kier alpha value is -2.22. The van der Waals surface area contributed by atoms with E-state index in [-0.39, 0.29) is 11.8 Å². The van der Waals surface area contributed by atoms with Crippen molar-refractivity contribution in [2.24, 2.45) is 5.92 Å². The van der Waals surface area contributed by atoms with Crippen molar-refractivity contribution < 1.29 is 9.32 Å². The highest BCUT2D eigenvalue weighted by atomic mass is 79.9. The van der Waals surface area contributed by atoms with E-state index in [4.69, 9.17) is 16.1 Å². The van der Waals surface area contributed by atoms with Crippen molar-refractivity contribution in [2.45, 2.75) is 26.3 Å². The first kappa shape index (κ1) is 21.0. The second kappa shape index (κ2) is 9.29. The van der Waals surface area contributed by atoms with Gasteiger partial charge >= 0.3 is 0 Å². The number of halogens is 2. The molecule has 1 saturated heterocycles. The number of aromatic nitrogens is 2. The normalized spacial score (nSPS) is 17.1. The third kappa shape index (κ3) is 5.09. The van der Waals surface area contributed by atoms with Crippen molar-refractivity contribution in [2.75, 3.05) is 18.4 Å². The first-order valence-corrected chi connectivity index (χ1v) is 11.0. The quantitative estimate of drug-likeness (QED) is 0.526. The number of rotatable bonds is 5. The van der Waals surface area contributed by atoms with E-state index >= 15 is 0 Å². The summed E-state index contributed by atoms with van der Waals surface area (Å²) in [5.41, 5.74) is 2.61. The second-order valence-electron chi connectivity index (χ2n) is 7.55. The van der Waals surface area contributed by atoms with Crippen LogP contribution < -0.4 is 5.32 Å². The lowest BCUT2D eigenvalue weighted by Gasteiger charge is -2.30. The van der Waals surface area contributed by atoms with Gasteiger partial charge < -0.3 is 9.84 Å². The maximum atomic E-state index is 12.7. The largest absolute Gasteiger partial charge is 0.338 e. The molecule has 6 nitrogen and oxygen atoms in total. The van der Waals surface area contributed by atoms with E-state index in [0.29, 0.717) is 29.8 Å². The van der Waals surface area contributed by atoms with E-state index < -0.39 is 0 Å². The Morgan fingerprint density at radius 2 is 2.20 bits per heavy atom. The van der Waals surface area contributed by atoms with Gasteiger partial charge in [0.2, 0.25) is 17.6 Å². The standard InChI is InChI=1S/C22H22BrClN4O2/c1-14-7-8-18(11-19(14)24)25-22(29)16-5-3-9-28(12-16)13-20-26-21(27-30-20)15-4-2-6-17(23)10-15/h2,4,6-8,10-11,16H,3,5,9,12-13H2,1H3,(H,25,29). The van der Waals surface area contributed by atoms with E-state index in [2.05, 4.69) is 36.3 Å². The number of carbonyl (C=O) groups excluding carboxylic acids is 1. The van der Waals surface area contributed by atoms with Gasteiger partial charge in [-0.2, -0.15) is 4.98 Å². The van der Waals surface area contributed by atoms with Crippen molar-refractivity contribution in [1.29, 1.82) is 0 Å². The smallest absolute Gasteiger partial charge is 0.241 e. The monoisotopic (exact) mass is 488 g/mol. The molecule has 8 heteroatoms. The molecule has 1 fully saturated rings. The highest BCUT2D eigenvalue weighted by Crippen LogP contribution is 2.24. The van der Waals surface area contributed by atoms with Gasteiger partial charge in [-0.3, -0.25) is 9.69 Å². The molecule has 0 saturated carbocycles. The number of hydrogen-bond donors (Lipinski definition) is 1. The van der Waals surface area contributed by atoms with Crippen LogP contribution in [0.25, 0.3) is 11.4 Å². The summed E-state index contributed by atoms with van der Waals surface area (Å²) >= 11 is 9.62. The third-order valence-electron chi connectivity index (χ3n) is 5.23. The summed E-state index contributed by atoms with van der Waals surface area (Å²) in [5.74, 6) is 1.04. The van der Waals surface area contributed by atoms with E-state index in [0.717, 1.165) is 40.7 Å². The molecule has 4 rings (SSSR count). The lowest BCUT2D eigenvalue weighted by molar-refractivity contribution is -0.121. The molecule has 2 aromatic carbocycles. The van der Waals surface area contributed by atoms with E-state index in [1.54, 1.807) is 6.07 Å². The van der Waals surface area contributed by atoms with E-state index in [9.17, 15) is 4.79 Å². The molecule has 1 N–H and O–H groups in total. The molecule has 3 aromatic rings. The van der Waals surface area contributed by atoms with Crippen molar-refractivity contribution in [3.8, 4) is 11.4 Å². The fraction of sp³-hybridized carbons (Fsp3) is 0.318. The van der Waals surface area contributed by atoms with Gasteiger partial charge in [-0.05, 0) is 56.1 Å². The molecule has 2 heterocycles. The molecule has 0 radical (unpaired) electrons. The van der Waals surface area contributed by atoms with Gasteiger partial charge in [-0.25, -0.2) is 0 Å². The van der Waals surface area contributed by atoms with E-state index in [1.165, 1.54) is 0 Å². The molecule has 156 valence electrons. The highest BCUT2D eigenvalue weighted by molar-refractivity contribution is 9.10. The van der Waals surface area contributed by atoms with Gasteiger partial charge in [0.1, 0.15) is 0 Å². The van der Waals surface area contributed by atoms with Crippen LogP contribution in [0.5, 0.6) is 0 Å². The second-order valence-corrected chi connectivity index (χ2v) is 8.87. The number of aryl methyl sites for hydroxylation is 1. The number of benzene rings is 2. The first-order chi connectivity index (χ1) is 14.5. The summed E-state index contributed by atoms with van der Waals surface area (Å²) in [6.45, 7) is 4.02. The SMILES string of the molecule is Cc1ccc(NC(=O)C2CCCN(Cc3nc(-c4cccc(Br)c4)no3)C2)cc1Cl. The number of piperidine rings is 1. The molecule has 0 spiro atoms. The van der Waals surface area contributed by atoms with Crippen LogP contribution in [0.3, 0.4) is 0 Å². The van der Waals surface area contributed by atoms with Gasteiger partial charge in [0.05, 0.1) is 12.5 Å². The van der Waals surface area contributed by atoms with Crippen molar-refractivity contribution >= 4 is 39.1 Å². The van der Waals surface area contributed by atoms with Crippen LogP contribution in [0, 0.1) is 12.8 Å². The Morgan fingerprint density at radius 3 is 3.00 bits per heavy atom. The maximum Gasteiger partial charge on any atom is 0.241 e. The van der Waals surface area contributed by atoms with Crippen LogP contribution in [-0.2, 0) is 11.3 Å². The van der Waals surface area contributed by atoms with Crippen LogP contribution in [0.15, 0.2) is 51.5 Å². The van der Waals surface area contributed by atoms with Crippen LogP contribution in [0.4, 0.5) is 5.69 Å². The molecule has 1 aromatic heterocycles. The summed E-state index contributed by atoms with van der Waals surface area (Å²) < 4.78 is 6.41. The minimum absolute atomic E-state index is 0.0139. The van der Waals surface area contributed by atoms with Crippen LogP contribution in [0.1, 0.15) is 24.3 Å². The number of carbonyl (C=O) groups is 1. The Kier molecular flexibility index (Phi) is 6.51. The Morgan fingerprint density at radius 1 is 1.33 bits per heavy atom. The maximum absolute atomic E-state index is 12.7. The minimum Gasteiger partial charge on any atom is -0.338 e. The molecule has 0 aliphatic carbocycles. The zero-order valence-corrected chi connectivity index (χ0v) is 18.9. The zero-order chi connectivity index (χ0) is 21.1. The molecular formula is C22H22BrClN4O2. The Labute approximate surface area is 188 Å². The topological polar surface area (TPSA) is 71.3 Å². The van der Waals surface area contributed by atoms with Gasteiger partial charge in [-0.1, -0.05) is 50.9 Å². The van der Waals surface area contributed by atoms with Gasteiger partial charge in [0.25, 0.3) is 0 Å². The lowest BCUT2D eigenvalue weighted by atomic mass is 9.97. The zero-order valence-electron chi connectivity index (χ0n) is 16.6. The molecule has 1 unspecified atom stereocenters. The van der Waals surface area contributed by atoms with Crippen molar-refractivity contribution in [3.05, 3.63) is 63.4 Å². The fourth-order valence-corrected chi connectivity index (χ4v) is 4.16. The van der Waals surface area contributed by atoms with Gasteiger partial charge in [0.15, 0.2) is 0 Å². The summed E-state index contributed by atoms with van der Waals surface area (Å²) in [6.07, 6.45) is 1.80. The molecular weight excluding hydrogens is 468 g/mol. The van der Waals surface area contributed by atoms with Crippen molar-refractivity contribution in [1.82, 2.24) is 15.0 Å². The Balaban J connectivity index is 1.37. The number of anilines is 1. The first-order valence-electron chi connectivity index (χ1n) is 9.86. The van der Waals surface area contributed by atoms with Crippen LogP contribution in [0.2, 0.25) is 5.02 Å². The average Bonchev–Trinajstić information content (AvgIpc) is 3.19. The van der Waals surface area contributed by atoms with Crippen molar-refractivity contribution in [3.63, 3.8) is 0 Å². The third-order valence-corrected chi connectivity index (χ3v) is 6.13. The molecule has 30 heavy (non-hydrogen) atoms. The van der Waals surface area contributed by atoms with Gasteiger partial charge in [0, 0.05) is 27.3 Å². The van der Waals surface area contributed by atoms with Crippen LogP contribution >= 0.6 is 27.5 Å². The lowest BCUT2D eigenvalue weighted by Crippen LogP contribution is -2.40. The number of nitrogens with one attached hydrogen (secondary N) is 1. The fourth-order valence-electron chi connectivity index (χ4n) is 3.58. The number of nitrogens with zero attached hydrogens (tertiary/aromatic N) is 3. The Bertz CT molecular complexity index is 1060. The van der Waals surface area contributed by atoms with Gasteiger partial charge in [-0.15, -0.1) is 0 Å². The number of hydrogen-bond acceptors (Lipinski definition) is 5. The minimum atomic E-state index is -0.0914.